The van der Waals surface area contributed by atoms with Gasteiger partial charge in [-0.1, -0.05) is 12.8 Å². The molecule has 0 radical (unpaired) electrons. The molecule has 1 fully saturated rings. The van der Waals surface area contributed by atoms with Crippen LogP contribution in [0, 0.1) is 12.8 Å². The predicted octanol–water partition coefficient (Wildman–Crippen LogP) is 3.34. The van der Waals surface area contributed by atoms with E-state index in [9.17, 15) is 0 Å². The molecule has 2 heteroatoms. The van der Waals surface area contributed by atoms with Gasteiger partial charge in [-0.15, -0.1) is 0 Å². The summed E-state index contributed by atoms with van der Waals surface area (Å²) in [7, 11) is 0. The fourth-order valence-corrected chi connectivity index (χ4v) is 3.05. The van der Waals surface area contributed by atoms with Gasteiger partial charge in [0.15, 0.2) is 0 Å². The largest absolute Gasteiger partial charge is 0.312 e. The van der Waals surface area contributed by atoms with E-state index >= 15 is 0 Å². The van der Waals surface area contributed by atoms with Crippen molar-refractivity contribution >= 4 is 11.3 Å². The van der Waals surface area contributed by atoms with Gasteiger partial charge in [0.25, 0.3) is 0 Å². The second-order valence-corrected chi connectivity index (χ2v) is 5.10. The van der Waals surface area contributed by atoms with E-state index in [1.807, 2.05) is 11.3 Å². The molecule has 2 rings (SSSR count). The van der Waals surface area contributed by atoms with Crippen molar-refractivity contribution in [2.45, 2.75) is 39.2 Å². The zero-order valence-corrected chi connectivity index (χ0v) is 9.70. The lowest BCUT2D eigenvalue weighted by Gasteiger charge is -2.10. The Hall–Kier alpha value is -0.340. The van der Waals surface area contributed by atoms with E-state index in [0.29, 0.717) is 0 Å². The molecular weight excluding hydrogens is 190 g/mol. The van der Waals surface area contributed by atoms with Crippen molar-refractivity contribution in [1.82, 2.24) is 5.32 Å². The van der Waals surface area contributed by atoms with Gasteiger partial charge < -0.3 is 5.32 Å². The molecule has 1 nitrogen and oxygen atoms in total. The molecule has 0 aliphatic heterocycles. The summed E-state index contributed by atoms with van der Waals surface area (Å²) in [5.41, 5.74) is 2.92. The number of thiophene rings is 1. The van der Waals surface area contributed by atoms with Crippen molar-refractivity contribution in [3.05, 3.63) is 21.9 Å². The average Bonchev–Trinajstić information content (AvgIpc) is 2.78. The number of aryl methyl sites for hydroxylation is 1. The summed E-state index contributed by atoms with van der Waals surface area (Å²) < 4.78 is 0. The first kappa shape index (κ1) is 10.2. The molecule has 0 saturated heterocycles. The minimum atomic E-state index is 0.953. The first-order valence-electron chi connectivity index (χ1n) is 5.58. The molecule has 1 aliphatic carbocycles. The summed E-state index contributed by atoms with van der Waals surface area (Å²) in [6.45, 7) is 4.48. The van der Waals surface area contributed by atoms with Crippen molar-refractivity contribution in [3.8, 4) is 0 Å². The van der Waals surface area contributed by atoms with Crippen LogP contribution in [-0.2, 0) is 6.54 Å². The Balaban J connectivity index is 1.70. The Kier molecular flexibility index (Phi) is 3.60. The van der Waals surface area contributed by atoms with E-state index in [2.05, 4.69) is 23.0 Å². The summed E-state index contributed by atoms with van der Waals surface area (Å²) >= 11 is 1.81. The normalized spacial score (nSPS) is 17.8. The van der Waals surface area contributed by atoms with Crippen LogP contribution in [0.15, 0.2) is 10.8 Å². The van der Waals surface area contributed by atoms with E-state index in [0.717, 1.165) is 12.5 Å². The van der Waals surface area contributed by atoms with Gasteiger partial charge in [-0.3, -0.25) is 0 Å². The summed E-state index contributed by atoms with van der Waals surface area (Å²) in [4.78, 5) is 0. The van der Waals surface area contributed by atoms with Crippen LogP contribution in [0.2, 0.25) is 0 Å². The lowest BCUT2D eigenvalue weighted by Crippen LogP contribution is -2.20. The molecule has 0 amide bonds. The van der Waals surface area contributed by atoms with Gasteiger partial charge in [0.05, 0.1) is 0 Å². The van der Waals surface area contributed by atoms with E-state index in [1.165, 1.54) is 43.4 Å². The Labute approximate surface area is 90.5 Å². The highest BCUT2D eigenvalue weighted by Gasteiger charge is 2.13. The van der Waals surface area contributed by atoms with E-state index in [1.54, 1.807) is 0 Å². The Bertz CT molecular complexity index is 274. The number of hydrogen-bond acceptors (Lipinski definition) is 2. The van der Waals surface area contributed by atoms with Crippen LogP contribution >= 0.6 is 11.3 Å². The molecule has 1 saturated carbocycles. The lowest BCUT2D eigenvalue weighted by atomic mass is 10.1. The van der Waals surface area contributed by atoms with Crippen LogP contribution in [-0.4, -0.2) is 6.54 Å². The number of nitrogens with one attached hydrogen (secondary N) is 1. The molecule has 0 spiro atoms. The molecule has 1 aromatic heterocycles. The maximum absolute atomic E-state index is 3.58. The molecule has 1 heterocycles. The first-order chi connectivity index (χ1) is 6.86. The second-order valence-electron chi connectivity index (χ2n) is 4.36. The zero-order chi connectivity index (χ0) is 9.80. The van der Waals surface area contributed by atoms with Gasteiger partial charge in [-0.2, -0.15) is 11.3 Å². The standard InChI is InChI=1S/C12H19NS/c1-10-8-14-9-12(10)7-13-6-11-4-2-3-5-11/h8-9,11,13H,2-7H2,1H3. The number of rotatable bonds is 4. The maximum atomic E-state index is 3.58. The van der Waals surface area contributed by atoms with Crippen LogP contribution in [0.4, 0.5) is 0 Å². The Morgan fingerprint density at radius 2 is 2.14 bits per heavy atom. The van der Waals surface area contributed by atoms with Crippen molar-refractivity contribution in [2.75, 3.05) is 6.54 Å². The monoisotopic (exact) mass is 209 g/mol. The smallest absolute Gasteiger partial charge is 0.0216 e. The molecule has 78 valence electrons. The van der Waals surface area contributed by atoms with Gasteiger partial charge >= 0.3 is 0 Å². The fraction of sp³-hybridized carbons (Fsp3) is 0.667. The van der Waals surface area contributed by atoms with Gasteiger partial charge in [0.2, 0.25) is 0 Å². The van der Waals surface area contributed by atoms with E-state index < -0.39 is 0 Å². The topological polar surface area (TPSA) is 12.0 Å². The third kappa shape index (κ3) is 2.58. The highest BCUT2D eigenvalue weighted by molar-refractivity contribution is 7.08. The van der Waals surface area contributed by atoms with Crippen molar-refractivity contribution in [3.63, 3.8) is 0 Å². The first-order valence-corrected chi connectivity index (χ1v) is 6.53. The third-order valence-electron chi connectivity index (χ3n) is 3.18. The molecule has 1 N–H and O–H groups in total. The van der Waals surface area contributed by atoms with Crippen molar-refractivity contribution in [2.24, 2.45) is 5.92 Å². The summed E-state index contributed by atoms with van der Waals surface area (Å²) in [6.07, 6.45) is 5.78. The lowest BCUT2D eigenvalue weighted by molar-refractivity contribution is 0.489. The van der Waals surface area contributed by atoms with Gasteiger partial charge in [0.1, 0.15) is 0 Å². The molecule has 14 heavy (non-hydrogen) atoms. The zero-order valence-electron chi connectivity index (χ0n) is 8.88. The predicted molar refractivity (Wildman–Crippen MR) is 62.7 cm³/mol. The second kappa shape index (κ2) is 4.94. The molecule has 0 aromatic carbocycles. The van der Waals surface area contributed by atoms with Crippen LogP contribution in [0.3, 0.4) is 0 Å². The van der Waals surface area contributed by atoms with Gasteiger partial charge in [-0.05, 0) is 54.1 Å². The summed E-state index contributed by atoms with van der Waals surface area (Å²) in [6, 6.07) is 0. The quantitative estimate of drug-likeness (QED) is 0.802. The van der Waals surface area contributed by atoms with Gasteiger partial charge in [-0.25, -0.2) is 0 Å². The fourth-order valence-electron chi connectivity index (χ4n) is 2.19. The minimum Gasteiger partial charge on any atom is -0.312 e. The Morgan fingerprint density at radius 3 is 2.79 bits per heavy atom. The highest BCUT2D eigenvalue weighted by Crippen LogP contribution is 2.23. The maximum Gasteiger partial charge on any atom is 0.0216 e. The molecule has 1 aromatic rings. The summed E-state index contributed by atoms with van der Waals surface area (Å²) in [5.74, 6) is 0.953. The highest BCUT2D eigenvalue weighted by atomic mass is 32.1. The summed E-state index contributed by atoms with van der Waals surface area (Å²) in [5, 5.41) is 8.07. The van der Waals surface area contributed by atoms with Crippen molar-refractivity contribution in [1.29, 1.82) is 0 Å². The van der Waals surface area contributed by atoms with E-state index in [4.69, 9.17) is 0 Å². The minimum absolute atomic E-state index is 0.953. The van der Waals surface area contributed by atoms with Gasteiger partial charge in [0, 0.05) is 6.54 Å². The number of hydrogen-bond donors (Lipinski definition) is 1. The molecule has 0 atom stereocenters. The SMILES string of the molecule is Cc1cscc1CNCC1CCCC1. The van der Waals surface area contributed by atoms with E-state index in [-0.39, 0.29) is 0 Å². The van der Waals surface area contributed by atoms with Crippen LogP contribution < -0.4 is 5.32 Å². The van der Waals surface area contributed by atoms with Crippen LogP contribution in [0.25, 0.3) is 0 Å². The Morgan fingerprint density at radius 1 is 1.36 bits per heavy atom. The molecular formula is C12H19NS. The molecule has 0 bridgehead atoms. The third-order valence-corrected chi connectivity index (χ3v) is 4.10. The molecule has 1 aliphatic rings. The van der Waals surface area contributed by atoms with Crippen LogP contribution in [0.5, 0.6) is 0 Å². The average molecular weight is 209 g/mol. The van der Waals surface area contributed by atoms with Crippen LogP contribution in [0.1, 0.15) is 36.8 Å². The molecule has 0 unspecified atom stereocenters. The van der Waals surface area contributed by atoms with Crippen molar-refractivity contribution < 1.29 is 0 Å².